The summed E-state index contributed by atoms with van der Waals surface area (Å²) in [5.74, 6) is 0.974. The Morgan fingerprint density at radius 3 is 2.40 bits per heavy atom. The van der Waals surface area contributed by atoms with Crippen molar-refractivity contribution in [2.75, 3.05) is 0 Å². The van der Waals surface area contributed by atoms with Gasteiger partial charge in [-0.05, 0) is 31.2 Å². The number of hydrogen-bond acceptors (Lipinski definition) is 2. The molecule has 3 rings (SSSR count). The van der Waals surface area contributed by atoms with Gasteiger partial charge in [0.15, 0.2) is 5.82 Å². The summed E-state index contributed by atoms with van der Waals surface area (Å²) in [4.78, 5) is 0. The Bertz CT molecular complexity index is 750. The van der Waals surface area contributed by atoms with Crippen molar-refractivity contribution in [1.29, 1.82) is 0 Å². The number of para-hydroxylation sites is 1. The lowest BCUT2D eigenvalue weighted by Gasteiger charge is -2.09. The molecule has 0 amide bonds. The molecular weight excluding hydrogens is 321 g/mol. The maximum absolute atomic E-state index is 14.0. The van der Waals surface area contributed by atoms with Crippen LogP contribution in [0.15, 0.2) is 53.0 Å². The van der Waals surface area contributed by atoms with E-state index < -0.39 is 0 Å². The molecule has 3 nitrogen and oxygen atoms in total. The molecular formula is C15H11BrFN3. The number of nitrogens with zero attached hydrogens (tertiary/aromatic N) is 3. The van der Waals surface area contributed by atoms with Crippen molar-refractivity contribution in [1.82, 2.24) is 14.8 Å². The van der Waals surface area contributed by atoms with Gasteiger partial charge in [-0.3, -0.25) is 4.57 Å². The van der Waals surface area contributed by atoms with Crippen LogP contribution in [0.2, 0.25) is 0 Å². The fourth-order valence-corrected chi connectivity index (χ4v) is 2.33. The molecule has 0 spiro atoms. The highest BCUT2D eigenvalue weighted by atomic mass is 79.9. The number of hydrogen-bond donors (Lipinski definition) is 0. The number of aromatic nitrogens is 3. The van der Waals surface area contributed by atoms with Gasteiger partial charge >= 0.3 is 0 Å². The van der Waals surface area contributed by atoms with Crippen molar-refractivity contribution in [2.45, 2.75) is 6.92 Å². The molecule has 0 aliphatic heterocycles. The molecule has 5 heteroatoms. The summed E-state index contributed by atoms with van der Waals surface area (Å²) in [5, 5.41) is 8.23. The van der Waals surface area contributed by atoms with Gasteiger partial charge in [-0.15, -0.1) is 10.2 Å². The lowest BCUT2D eigenvalue weighted by molar-refractivity contribution is 0.617. The van der Waals surface area contributed by atoms with Crippen LogP contribution < -0.4 is 0 Å². The van der Waals surface area contributed by atoms with Gasteiger partial charge in [0, 0.05) is 10.0 Å². The van der Waals surface area contributed by atoms with Crippen LogP contribution in [0.4, 0.5) is 4.39 Å². The van der Waals surface area contributed by atoms with Crippen LogP contribution in [0.25, 0.3) is 17.1 Å². The van der Waals surface area contributed by atoms with Crippen LogP contribution in [-0.2, 0) is 0 Å². The third-order valence-electron chi connectivity index (χ3n) is 3.02. The number of halogens is 2. The first-order chi connectivity index (χ1) is 9.66. The van der Waals surface area contributed by atoms with E-state index in [2.05, 4.69) is 26.1 Å². The second kappa shape index (κ2) is 5.17. The van der Waals surface area contributed by atoms with Crippen LogP contribution in [0.1, 0.15) is 5.82 Å². The smallest absolute Gasteiger partial charge is 0.168 e. The van der Waals surface area contributed by atoms with Gasteiger partial charge in [-0.25, -0.2) is 4.39 Å². The summed E-state index contributed by atoms with van der Waals surface area (Å²) >= 11 is 3.40. The summed E-state index contributed by atoms with van der Waals surface area (Å²) in [5.41, 5.74) is 1.34. The fraction of sp³-hybridized carbons (Fsp3) is 0.0667. The van der Waals surface area contributed by atoms with Gasteiger partial charge in [-0.2, -0.15) is 0 Å². The lowest BCUT2D eigenvalue weighted by Crippen LogP contribution is -2.02. The number of rotatable bonds is 2. The van der Waals surface area contributed by atoms with E-state index in [4.69, 9.17) is 0 Å². The largest absolute Gasteiger partial charge is 0.276 e. The van der Waals surface area contributed by atoms with E-state index >= 15 is 0 Å². The average Bonchev–Trinajstić information content (AvgIpc) is 2.82. The van der Waals surface area contributed by atoms with Crippen molar-refractivity contribution in [3.8, 4) is 17.1 Å². The summed E-state index contributed by atoms with van der Waals surface area (Å²) in [6, 6.07) is 14.3. The molecule has 0 aliphatic carbocycles. The lowest BCUT2D eigenvalue weighted by atomic mass is 10.2. The second-order valence-corrected chi connectivity index (χ2v) is 5.28. The third kappa shape index (κ3) is 2.25. The molecule has 0 N–H and O–H groups in total. The van der Waals surface area contributed by atoms with E-state index in [0.29, 0.717) is 17.3 Å². The summed E-state index contributed by atoms with van der Waals surface area (Å²) in [7, 11) is 0. The predicted molar refractivity (Wildman–Crippen MR) is 79.2 cm³/mol. The molecule has 20 heavy (non-hydrogen) atoms. The van der Waals surface area contributed by atoms with Gasteiger partial charge < -0.3 is 0 Å². The molecule has 0 atom stereocenters. The summed E-state index contributed by atoms with van der Waals surface area (Å²) in [6.45, 7) is 1.81. The second-order valence-electron chi connectivity index (χ2n) is 4.36. The first-order valence-electron chi connectivity index (χ1n) is 6.09. The van der Waals surface area contributed by atoms with Gasteiger partial charge in [0.2, 0.25) is 0 Å². The third-order valence-corrected chi connectivity index (χ3v) is 3.55. The SMILES string of the molecule is Cc1nnc(-c2ccc(Br)cc2)n1-c1ccccc1F. The molecule has 0 bridgehead atoms. The highest BCUT2D eigenvalue weighted by molar-refractivity contribution is 9.10. The summed E-state index contributed by atoms with van der Waals surface area (Å²) in [6.07, 6.45) is 0. The molecule has 0 saturated heterocycles. The van der Waals surface area contributed by atoms with E-state index in [0.717, 1.165) is 10.0 Å². The minimum atomic E-state index is -0.297. The minimum absolute atomic E-state index is 0.297. The van der Waals surface area contributed by atoms with E-state index in [1.54, 1.807) is 22.8 Å². The van der Waals surface area contributed by atoms with Gasteiger partial charge in [0.05, 0.1) is 5.69 Å². The zero-order valence-corrected chi connectivity index (χ0v) is 12.3. The Morgan fingerprint density at radius 1 is 1.00 bits per heavy atom. The maximum atomic E-state index is 14.0. The molecule has 0 fully saturated rings. The van der Waals surface area contributed by atoms with Crippen LogP contribution >= 0.6 is 15.9 Å². The molecule has 1 heterocycles. The molecule has 2 aromatic carbocycles. The Balaban J connectivity index is 2.20. The van der Waals surface area contributed by atoms with E-state index in [1.807, 2.05) is 31.2 Å². The van der Waals surface area contributed by atoms with E-state index in [-0.39, 0.29) is 5.82 Å². The normalized spacial score (nSPS) is 10.8. The first-order valence-corrected chi connectivity index (χ1v) is 6.89. The highest BCUT2D eigenvalue weighted by Gasteiger charge is 2.15. The van der Waals surface area contributed by atoms with Crippen molar-refractivity contribution in [3.05, 3.63) is 64.6 Å². The van der Waals surface area contributed by atoms with Crippen molar-refractivity contribution in [2.24, 2.45) is 0 Å². The van der Waals surface area contributed by atoms with Crippen molar-refractivity contribution < 1.29 is 4.39 Å². The Morgan fingerprint density at radius 2 is 1.70 bits per heavy atom. The Labute approximate surface area is 124 Å². The van der Waals surface area contributed by atoms with E-state index in [9.17, 15) is 4.39 Å². The monoisotopic (exact) mass is 331 g/mol. The van der Waals surface area contributed by atoms with E-state index in [1.165, 1.54) is 6.07 Å². The fourth-order valence-electron chi connectivity index (χ4n) is 2.07. The van der Waals surface area contributed by atoms with Gasteiger partial charge in [0.1, 0.15) is 11.6 Å². The quantitative estimate of drug-likeness (QED) is 0.706. The highest BCUT2D eigenvalue weighted by Crippen LogP contribution is 2.25. The molecule has 1 aromatic heterocycles. The summed E-state index contributed by atoms with van der Waals surface area (Å²) < 4.78 is 16.7. The Kier molecular flexibility index (Phi) is 3.36. The predicted octanol–water partition coefficient (Wildman–Crippen LogP) is 4.14. The van der Waals surface area contributed by atoms with Crippen LogP contribution in [0, 0.1) is 12.7 Å². The van der Waals surface area contributed by atoms with Crippen LogP contribution in [0.5, 0.6) is 0 Å². The average molecular weight is 332 g/mol. The van der Waals surface area contributed by atoms with Crippen molar-refractivity contribution in [3.63, 3.8) is 0 Å². The van der Waals surface area contributed by atoms with Crippen LogP contribution in [0.3, 0.4) is 0 Å². The topological polar surface area (TPSA) is 30.7 Å². The minimum Gasteiger partial charge on any atom is -0.276 e. The van der Waals surface area contributed by atoms with Crippen molar-refractivity contribution >= 4 is 15.9 Å². The first kappa shape index (κ1) is 13.0. The maximum Gasteiger partial charge on any atom is 0.168 e. The molecule has 0 aliphatic rings. The zero-order chi connectivity index (χ0) is 14.1. The molecule has 100 valence electrons. The van der Waals surface area contributed by atoms with Gasteiger partial charge in [0.25, 0.3) is 0 Å². The molecule has 0 radical (unpaired) electrons. The number of benzene rings is 2. The zero-order valence-electron chi connectivity index (χ0n) is 10.7. The molecule has 3 aromatic rings. The van der Waals surface area contributed by atoms with Crippen LogP contribution in [-0.4, -0.2) is 14.8 Å². The molecule has 0 unspecified atom stereocenters. The van der Waals surface area contributed by atoms with Gasteiger partial charge in [-0.1, -0.05) is 40.2 Å². The standard InChI is InChI=1S/C15H11BrFN3/c1-10-18-19-15(11-6-8-12(16)9-7-11)20(10)14-5-3-2-4-13(14)17/h2-9H,1H3. The number of aryl methyl sites for hydroxylation is 1. The molecule has 0 saturated carbocycles. The Hall–Kier alpha value is -2.01.